The lowest BCUT2D eigenvalue weighted by molar-refractivity contribution is -0.133. The Morgan fingerprint density at radius 1 is 1.11 bits per heavy atom. The maximum atomic E-state index is 12.2. The molecule has 0 aliphatic carbocycles. The zero-order valence-corrected chi connectivity index (χ0v) is 12.9. The number of carbonyl (C=O) groups excluding carboxylic acids is 1. The van der Waals surface area contributed by atoms with Crippen molar-refractivity contribution in [2.75, 3.05) is 46.1 Å². The van der Waals surface area contributed by atoms with Crippen LogP contribution in [0.2, 0.25) is 0 Å². The molecule has 1 atom stereocenters. The van der Waals surface area contributed by atoms with Gasteiger partial charge in [0, 0.05) is 38.8 Å². The molecule has 0 heterocycles. The molecule has 0 aliphatic heterocycles. The molecule has 0 aliphatic rings. The molecule has 5 nitrogen and oxygen atoms in total. The molecule has 0 saturated carbocycles. The van der Waals surface area contributed by atoms with E-state index in [2.05, 4.69) is 5.32 Å². The van der Waals surface area contributed by atoms with E-state index in [1.54, 1.807) is 0 Å². The Labute approximate surface area is 117 Å². The molecule has 5 heteroatoms. The molecular weight excluding hydrogens is 244 g/mol. The van der Waals surface area contributed by atoms with Crippen LogP contribution in [0.3, 0.4) is 0 Å². The first kappa shape index (κ1) is 18.4. The normalized spacial score (nSPS) is 12.4. The molecule has 19 heavy (non-hydrogen) atoms. The van der Waals surface area contributed by atoms with Crippen molar-refractivity contribution in [1.29, 1.82) is 0 Å². The van der Waals surface area contributed by atoms with Gasteiger partial charge in [-0.3, -0.25) is 4.79 Å². The van der Waals surface area contributed by atoms with E-state index in [0.29, 0.717) is 45.9 Å². The van der Waals surface area contributed by atoms with E-state index >= 15 is 0 Å². The molecule has 0 bridgehead atoms. The Morgan fingerprint density at radius 2 is 1.63 bits per heavy atom. The van der Waals surface area contributed by atoms with Gasteiger partial charge in [0.1, 0.15) is 0 Å². The number of rotatable bonds is 12. The quantitative estimate of drug-likeness (QED) is 0.545. The third-order valence-electron chi connectivity index (χ3n) is 2.81. The third kappa shape index (κ3) is 9.87. The monoisotopic (exact) mass is 274 g/mol. The van der Waals surface area contributed by atoms with E-state index in [4.69, 9.17) is 9.47 Å². The topological polar surface area (TPSA) is 50.8 Å². The SMILES string of the molecule is CCNC(C)CC(=O)N(CCOCC)CCOCC. The van der Waals surface area contributed by atoms with E-state index in [-0.39, 0.29) is 11.9 Å². The third-order valence-corrected chi connectivity index (χ3v) is 2.81. The predicted molar refractivity (Wildman–Crippen MR) is 77.3 cm³/mol. The second-order valence-corrected chi connectivity index (χ2v) is 4.44. The van der Waals surface area contributed by atoms with E-state index in [9.17, 15) is 4.79 Å². The standard InChI is InChI=1S/C14H30N2O3/c1-5-15-13(4)12-14(17)16(8-10-18-6-2)9-11-19-7-3/h13,15H,5-12H2,1-4H3. The highest BCUT2D eigenvalue weighted by atomic mass is 16.5. The second kappa shape index (κ2) is 12.4. The molecular formula is C14H30N2O3. The Morgan fingerprint density at radius 3 is 2.05 bits per heavy atom. The smallest absolute Gasteiger partial charge is 0.224 e. The summed E-state index contributed by atoms with van der Waals surface area (Å²) in [4.78, 5) is 14.0. The zero-order valence-electron chi connectivity index (χ0n) is 12.9. The predicted octanol–water partition coefficient (Wildman–Crippen LogP) is 1.28. The van der Waals surface area contributed by atoms with Crippen molar-refractivity contribution >= 4 is 5.91 Å². The number of ether oxygens (including phenoxy) is 2. The number of hydrogen-bond acceptors (Lipinski definition) is 4. The van der Waals surface area contributed by atoms with Gasteiger partial charge in [-0.15, -0.1) is 0 Å². The Balaban J connectivity index is 4.15. The fraction of sp³-hybridized carbons (Fsp3) is 0.929. The lowest BCUT2D eigenvalue weighted by Crippen LogP contribution is -2.40. The number of carbonyl (C=O) groups is 1. The molecule has 0 rings (SSSR count). The number of hydrogen-bond donors (Lipinski definition) is 1. The highest BCUT2D eigenvalue weighted by Gasteiger charge is 2.15. The minimum Gasteiger partial charge on any atom is -0.380 e. The van der Waals surface area contributed by atoms with Crippen LogP contribution < -0.4 is 5.32 Å². The van der Waals surface area contributed by atoms with Gasteiger partial charge in [-0.25, -0.2) is 0 Å². The summed E-state index contributed by atoms with van der Waals surface area (Å²) in [6.45, 7) is 12.7. The van der Waals surface area contributed by atoms with Gasteiger partial charge in [0.25, 0.3) is 0 Å². The van der Waals surface area contributed by atoms with Crippen molar-refractivity contribution in [1.82, 2.24) is 10.2 Å². The van der Waals surface area contributed by atoms with Gasteiger partial charge in [0.15, 0.2) is 0 Å². The molecule has 0 aromatic heterocycles. The maximum absolute atomic E-state index is 12.2. The molecule has 0 radical (unpaired) electrons. The lowest BCUT2D eigenvalue weighted by Gasteiger charge is -2.24. The summed E-state index contributed by atoms with van der Waals surface area (Å²) in [5.74, 6) is 0.160. The van der Waals surface area contributed by atoms with Crippen LogP contribution in [0.25, 0.3) is 0 Å². The van der Waals surface area contributed by atoms with E-state index in [1.165, 1.54) is 0 Å². The van der Waals surface area contributed by atoms with Gasteiger partial charge < -0.3 is 19.7 Å². The van der Waals surface area contributed by atoms with Crippen molar-refractivity contribution in [2.24, 2.45) is 0 Å². The summed E-state index contributed by atoms with van der Waals surface area (Å²) in [5.41, 5.74) is 0. The fourth-order valence-electron chi connectivity index (χ4n) is 1.81. The molecule has 0 aromatic carbocycles. The summed E-state index contributed by atoms with van der Waals surface area (Å²) in [5, 5.41) is 3.26. The van der Waals surface area contributed by atoms with Gasteiger partial charge >= 0.3 is 0 Å². The van der Waals surface area contributed by atoms with Crippen LogP contribution in [0.1, 0.15) is 34.1 Å². The van der Waals surface area contributed by atoms with Gasteiger partial charge in [0.05, 0.1) is 13.2 Å². The average Bonchev–Trinajstić information content (AvgIpc) is 2.37. The largest absolute Gasteiger partial charge is 0.380 e. The maximum Gasteiger partial charge on any atom is 0.224 e. The summed E-state index contributed by atoms with van der Waals surface area (Å²) in [7, 11) is 0. The van der Waals surface area contributed by atoms with Crippen LogP contribution in [0.15, 0.2) is 0 Å². The minimum atomic E-state index is 0.160. The molecule has 0 aromatic rings. The Kier molecular flexibility index (Phi) is 12.0. The molecule has 1 unspecified atom stereocenters. The van der Waals surface area contributed by atoms with Crippen molar-refractivity contribution in [3.05, 3.63) is 0 Å². The molecule has 1 N–H and O–H groups in total. The summed E-state index contributed by atoms with van der Waals surface area (Å²) >= 11 is 0. The van der Waals surface area contributed by atoms with Gasteiger partial charge in [-0.05, 0) is 27.3 Å². The summed E-state index contributed by atoms with van der Waals surface area (Å²) < 4.78 is 10.6. The first-order valence-corrected chi connectivity index (χ1v) is 7.32. The second-order valence-electron chi connectivity index (χ2n) is 4.44. The lowest BCUT2D eigenvalue weighted by atomic mass is 10.2. The van der Waals surface area contributed by atoms with Gasteiger partial charge in [0.2, 0.25) is 5.91 Å². The minimum absolute atomic E-state index is 0.160. The summed E-state index contributed by atoms with van der Waals surface area (Å²) in [6.07, 6.45) is 0.520. The van der Waals surface area contributed by atoms with E-state index in [1.807, 2.05) is 32.6 Å². The van der Waals surface area contributed by atoms with Crippen molar-refractivity contribution in [3.63, 3.8) is 0 Å². The molecule has 0 spiro atoms. The van der Waals surface area contributed by atoms with Crippen molar-refractivity contribution in [2.45, 2.75) is 40.2 Å². The number of nitrogens with zero attached hydrogens (tertiary/aromatic N) is 1. The average molecular weight is 274 g/mol. The first-order valence-electron chi connectivity index (χ1n) is 7.32. The van der Waals surface area contributed by atoms with Crippen molar-refractivity contribution < 1.29 is 14.3 Å². The number of nitrogens with one attached hydrogen (secondary N) is 1. The van der Waals surface area contributed by atoms with Crippen LogP contribution in [-0.2, 0) is 14.3 Å². The molecule has 1 amide bonds. The van der Waals surface area contributed by atoms with Crippen molar-refractivity contribution in [3.8, 4) is 0 Å². The van der Waals surface area contributed by atoms with E-state index in [0.717, 1.165) is 6.54 Å². The van der Waals surface area contributed by atoms with Crippen LogP contribution in [0, 0.1) is 0 Å². The zero-order chi connectivity index (χ0) is 14.5. The molecule has 114 valence electrons. The van der Waals surface area contributed by atoms with Gasteiger partial charge in [-0.2, -0.15) is 0 Å². The highest BCUT2D eigenvalue weighted by Crippen LogP contribution is 1.99. The van der Waals surface area contributed by atoms with Crippen LogP contribution in [0.4, 0.5) is 0 Å². The molecule has 0 fully saturated rings. The van der Waals surface area contributed by atoms with Crippen LogP contribution >= 0.6 is 0 Å². The molecule has 0 saturated heterocycles. The van der Waals surface area contributed by atoms with Crippen LogP contribution in [0.5, 0.6) is 0 Å². The van der Waals surface area contributed by atoms with Gasteiger partial charge in [-0.1, -0.05) is 6.92 Å². The fourth-order valence-corrected chi connectivity index (χ4v) is 1.81. The summed E-state index contributed by atoms with van der Waals surface area (Å²) in [6, 6.07) is 0.208. The highest BCUT2D eigenvalue weighted by molar-refractivity contribution is 5.76. The number of amides is 1. The Hall–Kier alpha value is -0.650. The van der Waals surface area contributed by atoms with E-state index < -0.39 is 0 Å². The first-order chi connectivity index (χ1) is 9.15. The van der Waals surface area contributed by atoms with Crippen LogP contribution in [-0.4, -0.2) is 62.9 Å². The Bertz CT molecular complexity index is 215.